The molecule has 1 heterocycles. The summed E-state index contributed by atoms with van der Waals surface area (Å²) in [5, 5.41) is 9.63. The second-order valence-electron chi connectivity index (χ2n) is 7.66. The number of halogens is 1. The molecule has 1 aliphatic heterocycles. The van der Waals surface area contributed by atoms with Crippen LogP contribution >= 0.6 is 0 Å². The first-order valence-electron chi connectivity index (χ1n) is 9.91. The average molecular weight is 403 g/mol. The predicted molar refractivity (Wildman–Crippen MR) is 113 cm³/mol. The number of carbonyl (C=O) groups excluding carboxylic acids is 2. The third kappa shape index (κ3) is 3.83. The third-order valence-corrected chi connectivity index (χ3v) is 5.61. The van der Waals surface area contributed by atoms with Gasteiger partial charge in [-0.25, -0.2) is 4.39 Å². The Hall–Kier alpha value is -3.47. The van der Waals surface area contributed by atoms with E-state index in [-0.39, 0.29) is 41.6 Å². The van der Waals surface area contributed by atoms with Gasteiger partial charge in [0.05, 0.1) is 12.0 Å². The summed E-state index contributed by atoms with van der Waals surface area (Å²) < 4.78 is 13.1. The number of Topliss-reactive ketones (excluding diaryl/α,β-unsaturated/α-hetero) is 1. The Balaban J connectivity index is 1.55. The SMILES string of the molecule is Cc1ccc(N2C(=O)[C@H](CCC(=O)c3ccc(F)cc3)[C@H]2c2ccc(O)cc2)cc1. The average Bonchev–Trinajstić information content (AvgIpc) is 2.74. The number of phenolic OH excluding ortho intramolecular Hbond substituents is 1. The summed E-state index contributed by atoms with van der Waals surface area (Å²) in [5.41, 5.74) is 3.27. The Bertz CT molecular complexity index is 1060. The van der Waals surface area contributed by atoms with E-state index in [1.54, 1.807) is 17.0 Å². The number of nitrogens with zero attached hydrogens (tertiary/aromatic N) is 1. The molecule has 0 spiro atoms. The van der Waals surface area contributed by atoms with Crippen molar-refractivity contribution in [2.75, 3.05) is 4.90 Å². The highest BCUT2D eigenvalue weighted by Gasteiger charge is 2.48. The van der Waals surface area contributed by atoms with Crippen LogP contribution in [0.4, 0.5) is 10.1 Å². The maximum Gasteiger partial charge on any atom is 0.233 e. The molecule has 3 aromatic carbocycles. The van der Waals surface area contributed by atoms with E-state index in [1.807, 2.05) is 43.3 Å². The number of benzene rings is 3. The largest absolute Gasteiger partial charge is 0.508 e. The van der Waals surface area contributed by atoms with Gasteiger partial charge in [-0.3, -0.25) is 9.59 Å². The zero-order valence-electron chi connectivity index (χ0n) is 16.6. The zero-order valence-corrected chi connectivity index (χ0v) is 16.6. The van der Waals surface area contributed by atoms with Gasteiger partial charge in [0, 0.05) is 17.7 Å². The van der Waals surface area contributed by atoms with E-state index in [4.69, 9.17) is 0 Å². The molecule has 1 N–H and O–H groups in total. The molecule has 0 radical (unpaired) electrons. The smallest absolute Gasteiger partial charge is 0.233 e. The number of carbonyl (C=O) groups is 2. The van der Waals surface area contributed by atoms with Crippen LogP contribution in [0.15, 0.2) is 72.8 Å². The molecule has 1 aliphatic rings. The van der Waals surface area contributed by atoms with Crippen molar-refractivity contribution in [2.24, 2.45) is 5.92 Å². The second-order valence-corrected chi connectivity index (χ2v) is 7.66. The van der Waals surface area contributed by atoms with Crippen LogP contribution in [0.25, 0.3) is 0 Å². The van der Waals surface area contributed by atoms with E-state index in [0.717, 1.165) is 16.8 Å². The van der Waals surface area contributed by atoms with Crippen LogP contribution in [0.5, 0.6) is 5.75 Å². The van der Waals surface area contributed by atoms with Gasteiger partial charge in [0.15, 0.2) is 5.78 Å². The van der Waals surface area contributed by atoms with Crippen molar-refractivity contribution in [1.29, 1.82) is 0 Å². The molecule has 1 fully saturated rings. The summed E-state index contributed by atoms with van der Waals surface area (Å²) >= 11 is 0. The molecule has 30 heavy (non-hydrogen) atoms. The van der Waals surface area contributed by atoms with Crippen molar-refractivity contribution >= 4 is 17.4 Å². The fraction of sp³-hybridized carbons (Fsp3) is 0.200. The van der Waals surface area contributed by atoms with E-state index in [2.05, 4.69) is 0 Å². The lowest BCUT2D eigenvalue weighted by atomic mass is 9.78. The van der Waals surface area contributed by atoms with Gasteiger partial charge in [-0.2, -0.15) is 0 Å². The number of aromatic hydroxyl groups is 1. The van der Waals surface area contributed by atoms with Gasteiger partial charge in [0.25, 0.3) is 0 Å². The summed E-state index contributed by atoms with van der Waals surface area (Å²) in [4.78, 5) is 27.3. The van der Waals surface area contributed by atoms with Gasteiger partial charge in [-0.15, -0.1) is 0 Å². The fourth-order valence-electron chi connectivity index (χ4n) is 3.94. The van der Waals surface area contributed by atoms with Crippen LogP contribution in [-0.4, -0.2) is 16.8 Å². The quantitative estimate of drug-likeness (QED) is 0.454. The Morgan fingerprint density at radius 2 is 1.60 bits per heavy atom. The molecule has 0 aromatic heterocycles. The number of hydrogen-bond donors (Lipinski definition) is 1. The van der Waals surface area contributed by atoms with E-state index >= 15 is 0 Å². The van der Waals surface area contributed by atoms with Crippen LogP contribution in [-0.2, 0) is 4.79 Å². The topological polar surface area (TPSA) is 57.6 Å². The van der Waals surface area contributed by atoms with Crippen LogP contribution < -0.4 is 4.90 Å². The summed E-state index contributed by atoms with van der Waals surface area (Å²) in [6.07, 6.45) is 0.612. The minimum atomic E-state index is -0.387. The van der Waals surface area contributed by atoms with Crippen molar-refractivity contribution in [1.82, 2.24) is 0 Å². The number of hydrogen-bond acceptors (Lipinski definition) is 3. The molecule has 0 aliphatic carbocycles. The first kappa shape index (κ1) is 19.8. The molecule has 3 aromatic rings. The standard InChI is InChI=1S/C25H22FNO3/c1-16-2-10-20(11-3-16)27-24(18-6-12-21(28)13-7-18)22(25(27)30)14-15-23(29)17-4-8-19(26)9-5-17/h2-13,22,24,28H,14-15H2,1H3/t22-,24-/m1/s1. The minimum Gasteiger partial charge on any atom is -0.508 e. The van der Waals surface area contributed by atoms with Crippen molar-refractivity contribution in [2.45, 2.75) is 25.8 Å². The predicted octanol–water partition coefficient (Wildman–Crippen LogP) is 5.21. The lowest BCUT2D eigenvalue weighted by Gasteiger charge is -2.47. The molecule has 5 heteroatoms. The number of anilines is 1. The van der Waals surface area contributed by atoms with Gasteiger partial charge in [-0.05, 0) is 67.4 Å². The molecule has 1 amide bonds. The lowest BCUT2D eigenvalue weighted by molar-refractivity contribution is -0.130. The van der Waals surface area contributed by atoms with Gasteiger partial charge >= 0.3 is 0 Å². The minimum absolute atomic E-state index is 0.0242. The van der Waals surface area contributed by atoms with E-state index < -0.39 is 0 Å². The van der Waals surface area contributed by atoms with Crippen LogP contribution in [0.3, 0.4) is 0 Å². The molecule has 2 atom stereocenters. The number of amides is 1. The Morgan fingerprint density at radius 1 is 0.967 bits per heavy atom. The Morgan fingerprint density at radius 3 is 2.23 bits per heavy atom. The van der Waals surface area contributed by atoms with Crippen molar-refractivity contribution < 1.29 is 19.1 Å². The van der Waals surface area contributed by atoms with Crippen LogP contribution in [0.2, 0.25) is 0 Å². The van der Waals surface area contributed by atoms with E-state index in [9.17, 15) is 19.1 Å². The summed E-state index contributed by atoms with van der Waals surface area (Å²) in [5.74, 6) is -0.693. The van der Waals surface area contributed by atoms with Gasteiger partial charge in [-0.1, -0.05) is 29.8 Å². The summed E-state index contributed by atoms with van der Waals surface area (Å²) in [6.45, 7) is 1.99. The molecule has 0 saturated carbocycles. The first-order valence-corrected chi connectivity index (χ1v) is 9.91. The summed E-state index contributed by atoms with van der Waals surface area (Å²) in [7, 11) is 0. The van der Waals surface area contributed by atoms with Gasteiger partial charge in [0.2, 0.25) is 5.91 Å². The van der Waals surface area contributed by atoms with Crippen LogP contribution in [0.1, 0.15) is 40.4 Å². The van der Waals surface area contributed by atoms with Crippen molar-refractivity contribution in [3.05, 3.63) is 95.3 Å². The van der Waals surface area contributed by atoms with Gasteiger partial charge < -0.3 is 10.0 Å². The maximum absolute atomic E-state index is 13.1. The highest BCUT2D eigenvalue weighted by Crippen LogP contribution is 2.45. The molecule has 1 saturated heterocycles. The monoisotopic (exact) mass is 403 g/mol. The second kappa shape index (κ2) is 8.11. The normalized spacial score (nSPS) is 18.2. The first-order chi connectivity index (χ1) is 14.4. The van der Waals surface area contributed by atoms with E-state index in [1.165, 1.54) is 24.3 Å². The van der Waals surface area contributed by atoms with Gasteiger partial charge in [0.1, 0.15) is 11.6 Å². The lowest BCUT2D eigenvalue weighted by Crippen LogP contribution is -2.55. The highest BCUT2D eigenvalue weighted by atomic mass is 19.1. The molecule has 4 nitrogen and oxygen atoms in total. The van der Waals surface area contributed by atoms with Crippen molar-refractivity contribution in [3.63, 3.8) is 0 Å². The van der Waals surface area contributed by atoms with E-state index in [0.29, 0.717) is 12.0 Å². The molecular weight excluding hydrogens is 381 g/mol. The number of β-lactam (4-membered cyclic amide) rings is 1. The summed E-state index contributed by atoms with van der Waals surface area (Å²) in [6, 6.07) is 19.8. The number of aryl methyl sites for hydroxylation is 1. The number of phenols is 1. The maximum atomic E-state index is 13.1. The fourth-order valence-corrected chi connectivity index (χ4v) is 3.94. The zero-order chi connectivity index (χ0) is 21.3. The highest BCUT2D eigenvalue weighted by molar-refractivity contribution is 6.04. The Kier molecular flexibility index (Phi) is 5.36. The molecule has 152 valence electrons. The number of ketones is 1. The van der Waals surface area contributed by atoms with Crippen LogP contribution in [0, 0.1) is 18.7 Å². The molecule has 0 bridgehead atoms. The third-order valence-electron chi connectivity index (χ3n) is 5.61. The molecular formula is C25H22FNO3. The van der Waals surface area contributed by atoms with Crippen molar-refractivity contribution in [3.8, 4) is 5.75 Å². The number of rotatable bonds is 6. The molecule has 4 rings (SSSR count). The Labute approximate surface area is 174 Å². The molecule has 0 unspecified atom stereocenters.